The summed E-state index contributed by atoms with van der Waals surface area (Å²) in [5.41, 5.74) is 0. The number of ether oxygens (including phenoxy) is 2. The third-order valence-corrected chi connectivity index (χ3v) is 4.44. The fraction of sp³-hybridized carbons (Fsp3) is 0.875. The number of nitrogens with one attached hydrogen (secondary N) is 2. The Balaban J connectivity index is 3.14. The number of amides is 2. The first kappa shape index (κ1) is 25.6. The van der Waals surface area contributed by atoms with Crippen LogP contribution in [0.3, 0.4) is 0 Å². The minimum atomic E-state index is -1.75. The van der Waals surface area contributed by atoms with E-state index in [0.29, 0.717) is 0 Å². The molecule has 0 spiro atoms. The molecule has 9 N–H and O–H groups in total. The predicted octanol–water partition coefficient (Wildman–Crippen LogP) is -5.47. The van der Waals surface area contributed by atoms with Gasteiger partial charge in [-0.25, -0.2) is 0 Å². The zero-order valence-electron chi connectivity index (χ0n) is 16.1. The highest BCUT2D eigenvalue weighted by Crippen LogP contribution is 2.25. The molecule has 0 aromatic rings. The first-order valence-electron chi connectivity index (χ1n) is 8.97. The van der Waals surface area contributed by atoms with Crippen LogP contribution in [0.2, 0.25) is 0 Å². The lowest BCUT2D eigenvalue weighted by molar-refractivity contribution is -0.299. The van der Waals surface area contributed by atoms with Gasteiger partial charge in [-0.3, -0.25) is 9.59 Å². The van der Waals surface area contributed by atoms with Crippen LogP contribution in [0.25, 0.3) is 0 Å². The van der Waals surface area contributed by atoms with Crippen LogP contribution in [0.5, 0.6) is 0 Å². The number of carbonyl (C=O) groups excluding carboxylic acids is 2. The van der Waals surface area contributed by atoms with Crippen molar-refractivity contribution in [1.82, 2.24) is 10.6 Å². The second kappa shape index (κ2) is 11.7. The SMILES string of the molecule is CC(=O)N[C@H]1[C@H](O[C@@H]([C@H](O)[C@H](CO)NC(C)=O)[C@H](O)CO)O[C@H](CO)[C@H](O)[C@@H]1O. The topological polar surface area (TPSA) is 218 Å². The van der Waals surface area contributed by atoms with Crippen LogP contribution in [0.4, 0.5) is 0 Å². The highest BCUT2D eigenvalue weighted by Gasteiger charge is 2.48. The van der Waals surface area contributed by atoms with Crippen LogP contribution >= 0.6 is 0 Å². The summed E-state index contributed by atoms with van der Waals surface area (Å²) in [7, 11) is 0. The number of aliphatic hydroxyl groups excluding tert-OH is 7. The lowest BCUT2D eigenvalue weighted by Crippen LogP contribution is -2.66. The van der Waals surface area contributed by atoms with E-state index in [1.165, 1.54) is 0 Å². The number of hydrogen-bond donors (Lipinski definition) is 9. The maximum atomic E-state index is 11.5. The summed E-state index contributed by atoms with van der Waals surface area (Å²) >= 11 is 0. The van der Waals surface area contributed by atoms with E-state index in [1.54, 1.807) is 0 Å². The van der Waals surface area contributed by atoms with Crippen molar-refractivity contribution in [2.75, 3.05) is 19.8 Å². The molecular weight excluding hydrogens is 396 g/mol. The fourth-order valence-electron chi connectivity index (χ4n) is 2.97. The van der Waals surface area contributed by atoms with Crippen molar-refractivity contribution in [3.05, 3.63) is 0 Å². The summed E-state index contributed by atoms with van der Waals surface area (Å²) in [6, 6.07) is -2.65. The predicted molar refractivity (Wildman–Crippen MR) is 94.0 cm³/mol. The standard InChI is InChI=1S/C16H30N2O11/c1-6(22)17-8(3-19)12(25)15(9(24)4-20)29-16-11(18-7(2)23)14(27)13(26)10(5-21)28-16/h8-16,19-21,24-27H,3-5H2,1-2H3,(H,17,22)(H,18,23)/t8-,9+,10+,11+,12+,13-,14+,15+,16-/m0/s1. The van der Waals surface area contributed by atoms with Gasteiger partial charge in [-0.15, -0.1) is 0 Å². The second-order valence-corrected chi connectivity index (χ2v) is 6.76. The molecule has 2 amide bonds. The Kier molecular flexibility index (Phi) is 10.3. The molecule has 0 aromatic carbocycles. The van der Waals surface area contributed by atoms with E-state index in [9.17, 15) is 45.3 Å². The minimum absolute atomic E-state index is 0.593. The highest BCUT2D eigenvalue weighted by atomic mass is 16.7. The van der Waals surface area contributed by atoms with Gasteiger partial charge in [0.1, 0.15) is 42.7 Å². The Morgan fingerprint density at radius 2 is 1.66 bits per heavy atom. The zero-order chi connectivity index (χ0) is 22.3. The summed E-state index contributed by atoms with van der Waals surface area (Å²) in [6.07, 6.45) is -11.2. The van der Waals surface area contributed by atoms with Crippen molar-refractivity contribution in [2.45, 2.75) is 68.8 Å². The monoisotopic (exact) mass is 426 g/mol. The van der Waals surface area contributed by atoms with Gasteiger partial charge in [-0.1, -0.05) is 0 Å². The second-order valence-electron chi connectivity index (χ2n) is 6.76. The first-order valence-corrected chi connectivity index (χ1v) is 8.97. The molecule has 0 radical (unpaired) electrons. The van der Waals surface area contributed by atoms with E-state index in [-0.39, 0.29) is 0 Å². The van der Waals surface area contributed by atoms with E-state index in [0.717, 1.165) is 13.8 Å². The van der Waals surface area contributed by atoms with Crippen molar-refractivity contribution in [2.24, 2.45) is 0 Å². The van der Waals surface area contributed by atoms with Crippen molar-refractivity contribution >= 4 is 11.8 Å². The molecule has 13 heteroatoms. The minimum Gasteiger partial charge on any atom is -0.394 e. The van der Waals surface area contributed by atoms with Crippen molar-refractivity contribution in [1.29, 1.82) is 0 Å². The Morgan fingerprint density at radius 3 is 2.10 bits per heavy atom. The number of rotatable bonds is 10. The van der Waals surface area contributed by atoms with Crippen LogP contribution in [0, 0.1) is 0 Å². The Bertz CT molecular complexity index is 537. The molecule has 1 aliphatic heterocycles. The Morgan fingerprint density at radius 1 is 1.03 bits per heavy atom. The Hall–Kier alpha value is -1.42. The fourth-order valence-corrected chi connectivity index (χ4v) is 2.97. The van der Waals surface area contributed by atoms with Gasteiger partial charge >= 0.3 is 0 Å². The van der Waals surface area contributed by atoms with Crippen LogP contribution < -0.4 is 10.6 Å². The zero-order valence-corrected chi connectivity index (χ0v) is 16.1. The molecule has 9 atom stereocenters. The molecule has 0 unspecified atom stereocenters. The van der Waals surface area contributed by atoms with Crippen LogP contribution in [-0.4, -0.2) is 122 Å². The van der Waals surface area contributed by atoms with Gasteiger partial charge in [0.15, 0.2) is 6.29 Å². The van der Waals surface area contributed by atoms with Gasteiger partial charge in [-0.05, 0) is 0 Å². The van der Waals surface area contributed by atoms with Crippen LogP contribution in [0.15, 0.2) is 0 Å². The van der Waals surface area contributed by atoms with Crippen molar-refractivity contribution in [3.63, 3.8) is 0 Å². The molecule has 1 rings (SSSR count). The number of aliphatic hydroxyl groups is 7. The summed E-state index contributed by atoms with van der Waals surface area (Å²) in [5.74, 6) is -1.21. The molecule has 0 bridgehead atoms. The van der Waals surface area contributed by atoms with Gasteiger partial charge < -0.3 is 55.9 Å². The summed E-state index contributed by atoms with van der Waals surface area (Å²) < 4.78 is 10.8. The van der Waals surface area contributed by atoms with Gasteiger partial charge in [0, 0.05) is 13.8 Å². The quantitative estimate of drug-likeness (QED) is 0.160. The molecular formula is C16H30N2O11. The maximum absolute atomic E-state index is 11.5. The van der Waals surface area contributed by atoms with E-state index in [1.807, 2.05) is 0 Å². The van der Waals surface area contributed by atoms with E-state index in [4.69, 9.17) is 9.47 Å². The van der Waals surface area contributed by atoms with E-state index >= 15 is 0 Å². The molecule has 170 valence electrons. The Labute approximate surface area is 166 Å². The first-order chi connectivity index (χ1) is 13.6. The molecule has 0 aliphatic carbocycles. The highest BCUT2D eigenvalue weighted by molar-refractivity contribution is 5.73. The molecule has 13 nitrogen and oxygen atoms in total. The molecule has 0 saturated carbocycles. The lowest BCUT2D eigenvalue weighted by Gasteiger charge is -2.44. The molecule has 0 aromatic heterocycles. The average Bonchev–Trinajstić information content (AvgIpc) is 2.67. The van der Waals surface area contributed by atoms with Gasteiger partial charge in [0.2, 0.25) is 11.8 Å². The lowest BCUT2D eigenvalue weighted by atomic mass is 9.96. The normalized spacial score (nSPS) is 31.4. The summed E-state index contributed by atoms with van der Waals surface area (Å²) in [5, 5.41) is 73.4. The third kappa shape index (κ3) is 6.80. The average molecular weight is 426 g/mol. The van der Waals surface area contributed by atoms with E-state index < -0.39 is 86.6 Å². The van der Waals surface area contributed by atoms with Crippen LogP contribution in [0.1, 0.15) is 13.8 Å². The van der Waals surface area contributed by atoms with Crippen LogP contribution in [-0.2, 0) is 19.1 Å². The third-order valence-electron chi connectivity index (χ3n) is 4.44. The van der Waals surface area contributed by atoms with Crippen molar-refractivity contribution in [3.8, 4) is 0 Å². The van der Waals surface area contributed by atoms with E-state index in [2.05, 4.69) is 10.6 Å². The van der Waals surface area contributed by atoms with Gasteiger partial charge in [0.05, 0.1) is 25.9 Å². The number of carbonyl (C=O) groups is 2. The smallest absolute Gasteiger partial charge is 0.217 e. The molecule has 1 heterocycles. The molecule has 1 fully saturated rings. The van der Waals surface area contributed by atoms with Crippen molar-refractivity contribution < 1.29 is 54.8 Å². The van der Waals surface area contributed by atoms with Gasteiger partial charge in [-0.2, -0.15) is 0 Å². The maximum Gasteiger partial charge on any atom is 0.217 e. The van der Waals surface area contributed by atoms with Gasteiger partial charge in [0.25, 0.3) is 0 Å². The molecule has 1 aliphatic rings. The molecule has 1 saturated heterocycles. The summed E-state index contributed by atoms with van der Waals surface area (Å²) in [6.45, 7) is -0.0754. The summed E-state index contributed by atoms with van der Waals surface area (Å²) in [4.78, 5) is 22.7. The largest absolute Gasteiger partial charge is 0.394 e. The molecule has 29 heavy (non-hydrogen) atoms. The number of hydrogen-bond acceptors (Lipinski definition) is 11.